The fourth-order valence-electron chi connectivity index (χ4n) is 7.44. The average Bonchev–Trinajstić information content (AvgIpc) is 3.21. The zero-order chi connectivity index (χ0) is 45.2. The van der Waals surface area contributed by atoms with E-state index >= 15 is 0 Å². The van der Waals surface area contributed by atoms with Gasteiger partial charge in [0.2, 0.25) is 5.95 Å². The third-order valence-electron chi connectivity index (χ3n) is 10.9. The van der Waals surface area contributed by atoms with Crippen LogP contribution in [0.25, 0.3) is 0 Å². The number of nitrogens with one attached hydrogen (secondary N) is 1. The van der Waals surface area contributed by atoms with Crippen molar-refractivity contribution in [3.05, 3.63) is 52.6 Å². The number of aliphatic imine (C=N–C) groups is 2. The van der Waals surface area contributed by atoms with Crippen LogP contribution in [-0.4, -0.2) is 91.5 Å². The number of nitrogens with zero attached hydrogens (tertiary/aromatic N) is 5. The summed E-state index contributed by atoms with van der Waals surface area (Å²) in [5.41, 5.74) is 2.96. The van der Waals surface area contributed by atoms with E-state index in [1.165, 1.54) is 25.7 Å². The molecule has 3 N–H and O–H groups in total. The van der Waals surface area contributed by atoms with E-state index in [9.17, 15) is 10.2 Å². The largest absolute Gasteiger partial charge is 0.507 e. The number of anilines is 1. The number of aromatic hydroxyl groups is 2. The van der Waals surface area contributed by atoms with Gasteiger partial charge in [-0.05, 0) is 87.1 Å². The van der Waals surface area contributed by atoms with Crippen molar-refractivity contribution >= 4 is 27.2 Å². The first kappa shape index (κ1) is 50.5. The molecule has 0 bridgehead atoms. The molecule has 1 fully saturated rings. The molecule has 344 valence electrons. The lowest BCUT2D eigenvalue weighted by molar-refractivity contribution is 0.0710. The minimum absolute atomic E-state index is 0.0609. The summed E-state index contributed by atoms with van der Waals surface area (Å²) in [6.45, 7) is 23.5. The summed E-state index contributed by atoms with van der Waals surface area (Å²) in [6.07, 6.45) is 14.9. The summed E-state index contributed by atoms with van der Waals surface area (Å²) in [5.74, 6) is 1.09. The van der Waals surface area contributed by atoms with E-state index in [0.29, 0.717) is 62.7 Å². The number of unbranched alkanes of at least 4 members (excludes halogenated alkanes) is 5. The van der Waals surface area contributed by atoms with Crippen LogP contribution < -0.4 is 14.8 Å². The molecule has 0 saturated heterocycles. The van der Waals surface area contributed by atoms with Gasteiger partial charge in [-0.15, -0.1) is 4.98 Å². The van der Waals surface area contributed by atoms with Gasteiger partial charge in [-0.25, -0.2) is 0 Å². The van der Waals surface area contributed by atoms with Crippen molar-refractivity contribution in [1.29, 1.82) is 0 Å². The Morgan fingerprint density at radius 2 is 1.34 bits per heavy atom. The predicted molar refractivity (Wildman–Crippen MR) is 252 cm³/mol. The fourth-order valence-corrected chi connectivity index (χ4v) is 10.0. The van der Waals surface area contributed by atoms with E-state index in [0.717, 1.165) is 55.2 Å². The first-order chi connectivity index (χ1) is 29.6. The van der Waals surface area contributed by atoms with Crippen LogP contribution in [0.3, 0.4) is 0 Å². The van der Waals surface area contributed by atoms with Crippen LogP contribution in [0.4, 0.5) is 5.95 Å². The first-order valence-corrected chi connectivity index (χ1v) is 25.0. The number of aromatic nitrogens is 3. The molecule has 62 heavy (non-hydrogen) atoms. The number of benzene rings is 2. The van der Waals surface area contributed by atoms with Crippen molar-refractivity contribution in [2.75, 3.05) is 38.3 Å². The number of phenolic OH excluding ortho intramolecular Hbond substituents is 2. The van der Waals surface area contributed by atoms with Gasteiger partial charge < -0.3 is 38.3 Å². The zero-order valence-corrected chi connectivity index (χ0v) is 40.4. The third-order valence-corrected chi connectivity index (χ3v) is 14.0. The fraction of sp³-hybridized carbons (Fsp3) is 0.646. The van der Waals surface area contributed by atoms with Crippen LogP contribution in [0.2, 0.25) is 6.04 Å². The number of phenols is 2. The molecule has 2 atom stereocenters. The predicted octanol–water partition coefficient (Wildman–Crippen LogP) is 11.1. The van der Waals surface area contributed by atoms with Crippen molar-refractivity contribution in [2.24, 2.45) is 9.98 Å². The number of rotatable bonds is 25. The van der Waals surface area contributed by atoms with E-state index in [2.05, 4.69) is 80.9 Å². The van der Waals surface area contributed by atoms with E-state index in [-0.39, 0.29) is 46.4 Å². The highest BCUT2D eigenvalue weighted by atomic mass is 28.4. The molecule has 0 radical (unpaired) electrons. The maximum atomic E-state index is 11.4. The molecule has 1 aliphatic carbocycles. The van der Waals surface area contributed by atoms with Crippen LogP contribution >= 0.6 is 0 Å². The normalized spacial score (nSPS) is 16.4. The topological polar surface area (TPSA) is 162 Å². The highest BCUT2D eigenvalue weighted by Crippen LogP contribution is 2.37. The SMILES string of the molecule is CCCCCCCCOc1nc(NCCC[Si](OCC)(OCC)OCC)nc(Oc2ccc(O)c(C=N[C@H]3CCCC[C@@H]3N=Cc3cc(C(C)(C)C)cc(C(C)(C)C)c3O)c2)n1. The molecule has 4 rings (SSSR count). The highest BCUT2D eigenvalue weighted by molar-refractivity contribution is 6.60. The van der Waals surface area contributed by atoms with Gasteiger partial charge in [-0.1, -0.05) is 99.5 Å². The Morgan fingerprint density at radius 1 is 0.726 bits per heavy atom. The quantitative estimate of drug-likeness (QED) is 0.0422. The number of hydrogen-bond acceptors (Lipinski definition) is 13. The molecule has 2 aromatic carbocycles. The van der Waals surface area contributed by atoms with E-state index in [4.69, 9.17) is 32.7 Å². The Kier molecular flexibility index (Phi) is 20.1. The molecule has 1 saturated carbocycles. The second-order valence-electron chi connectivity index (χ2n) is 18.1. The number of ether oxygens (including phenoxy) is 2. The molecule has 0 unspecified atom stereocenters. The summed E-state index contributed by atoms with van der Waals surface area (Å²) >= 11 is 0. The molecule has 1 aliphatic rings. The van der Waals surface area contributed by atoms with Gasteiger partial charge in [0, 0.05) is 61.5 Å². The first-order valence-electron chi connectivity index (χ1n) is 23.1. The van der Waals surface area contributed by atoms with Crippen LogP contribution in [0, 0.1) is 0 Å². The summed E-state index contributed by atoms with van der Waals surface area (Å²) < 4.78 is 30.3. The Labute approximate surface area is 372 Å². The van der Waals surface area contributed by atoms with Crippen molar-refractivity contribution in [1.82, 2.24) is 15.0 Å². The Morgan fingerprint density at radius 3 is 1.95 bits per heavy atom. The van der Waals surface area contributed by atoms with Gasteiger partial charge in [0.1, 0.15) is 17.2 Å². The lowest BCUT2D eigenvalue weighted by Crippen LogP contribution is -2.46. The van der Waals surface area contributed by atoms with Crippen LogP contribution in [-0.2, 0) is 24.1 Å². The zero-order valence-electron chi connectivity index (χ0n) is 39.4. The molecule has 14 heteroatoms. The standard InChI is InChI=1S/C48H76N6O7Si/c1-11-15-16-17-18-21-28-57-45-52-44(49-27-22-29-62(58-12-2,59-13-3)60-14-4)53-46(54-45)61-38-25-26-42(55)35(31-38)33-50-40-23-19-20-24-41(40)51-34-36-30-37(47(5,6)7)32-39(43(36)56)48(8,9)10/h25-26,30-34,40-41,55-56H,11-24,27-29H2,1-10H3,(H,49,52,53,54)/t40-,41-/m0/s1. The van der Waals surface area contributed by atoms with Crippen LogP contribution in [0.5, 0.6) is 29.3 Å². The summed E-state index contributed by atoms with van der Waals surface area (Å²) in [7, 11) is -2.80. The van der Waals surface area contributed by atoms with E-state index < -0.39 is 8.80 Å². The summed E-state index contributed by atoms with van der Waals surface area (Å²) in [5, 5.41) is 25.6. The maximum absolute atomic E-state index is 11.4. The molecule has 3 aromatic rings. The van der Waals surface area contributed by atoms with Crippen molar-refractivity contribution in [3.8, 4) is 29.3 Å². The monoisotopic (exact) mass is 877 g/mol. The maximum Gasteiger partial charge on any atom is 0.500 e. The second kappa shape index (κ2) is 24.7. The van der Waals surface area contributed by atoms with E-state index in [1.807, 2.05) is 27.0 Å². The molecule has 0 aliphatic heterocycles. The smallest absolute Gasteiger partial charge is 0.500 e. The lowest BCUT2D eigenvalue weighted by atomic mass is 9.79. The van der Waals surface area contributed by atoms with Gasteiger partial charge in [0.15, 0.2) is 0 Å². The third kappa shape index (κ3) is 15.9. The van der Waals surface area contributed by atoms with Gasteiger partial charge in [0.05, 0.1) is 18.7 Å². The Balaban J connectivity index is 1.52. The summed E-state index contributed by atoms with van der Waals surface area (Å²) in [4.78, 5) is 23.6. The van der Waals surface area contributed by atoms with E-state index in [1.54, 1.807) is 24.4 Å². The van der Waals surface area contributed by atoms with Gasteiger partial charge in [0.25, 0.3) is 0 Å². The minimum Gasteiger partial charge on any atom is -0.507 e. The molecule has 1 heterocycles. The van der Waals surface area contributed by atoms with Crippen LogP contribution in [0.15, 0.2) is 40.3 Å². The van der Waals surface area contributed by atoms with Crippen molar-refractivity contribution < 1.29 is 33.0 Å². The molecule has 13 nitrogen and oxygen atoms in total. The van der Waals surface area contributed by atoms with Gasteiger partial charge in [-0.3, -0.25) is 9.98 Å². The summed E-state index contributed by atoms with van der Waals surface area (Å²) in [6, 6.07) is 9.85. The van der Waals surface area contributed by atoms with Gasteiger partial charge >= 0.3 is 20.8 Å². The Bertz CT molecular complexity index is 1860. The van der Waals surface area contributed by atoms with Crippen LogP contribution in [0.1, 0.15) is 162 Å². The molecule has 0 spiro atoms. The lowest BCUT2D eigenvalue weighted by Gasteiger charge is -2.28. The van der Waals surface area contributed by atoms with Crippen molar-refractivity contribution in [2.45, 2.75) is 169 Å². The highest BCUT2D eigenvalue weighted by Gasteiger charge is 2.39. The van der Waals surface area contributed by atoms with Crippen molar-refractivity contribution in [3.63, 3.8) is 0 Å². The second-order valence-corrected chi connectivity index (χ2v) is 20.8. The molecular weight excluding hydrogens is 801 g/mol. The Hall–Kier alpha value is -4.11. The van der Waals surface area contributed by atoms with Gasteiger partial charge in [-0.2, -0.15) is 9.97 Å². The molecular formula is C48H76N6O7Si. The molecule has 1 aromatic heterocycles. The average molecular weight is 877 g/mol. The molecule has 0 amide bonds. The minimum atomic E-state index is -2.80. The number of hydrogen-bond donors (Lipinski definition) is 3.